The number of ether oxygens (including phenoxy) is 1. The topological polar surface area (TPSA) is 88.3 Å². The predicted octanol–water partition coefficient (Wildman–Crippen LogP) is 2.71. The fourth-order valence-electron chi connectivity index (χ4n) is 2.35. The molecule has 0 fully saturated rings. The zero-order chi connectivity index (χ0) is 17.9. The molecule has 0 aliphatic heterocycles. The van der Waals surface area contributed by atoms with Crippen molar-refractivity contribution in [1.82, 2.24) is 10.3 Å². The monoisotopic (exact) mass is 336 g/mol. The molecule has 0 bridgehead atoms. The number of esters is 1. The number of rotatable bonds is 11. The molecule has 1 amide bonds. The highest BCUT2D eigenvalue weighted by molar-refractivity contribution is 5.98. The Morgan fingerprint density at radius 1 is 1.29 bits per heavy atom. The molecule has 0 aliphatic rings. The standard InChI is InChI=1S/C18H28N2O4/c1-4-5-9-24-17(22)11-14(10-13(2)3)18(23)20-12-16(21)15-7-6-8-19-15/h6-8,13-14,19H,4-5,9-12H2,1-3H3,(H,20,23)/t14-/m1/s1. The van der Waals surface area contributed by atoms with Gasteiger partial charge in [-0.15, -0.1) is 0 Å². The second-order valence-corrected chi connectivity index (χ2v) is 6.33. The first-order valence-corrected chi connectivity index (χ1v) is 8.54. The van der Waals surface area contributed by atoms with Crippen LogP contribution in [0.3, 0.4) is 0 Å². The van der Waals surface area contributed by atoms with E-state index in [-0.39, 0.29) is 36.5 Å². The molecule has 0 spiro atoms. The number of carbonyl (C=O) groups is 3. The molecule has 0 saturated heterocycles. The molecule has 134 valence electrons. The highest BCUT2D eigenvalue weighted by Crippen LogP contribution is 2.17. The van der Waals surface area contributed by atoms with Crippen molar-refractivity contribution in [1.29, 1.82) is 0 Å². The van der Waals surface area contributed by atoms with E-state index >= 15 is 0 Å². The quantitative estimate of drug-likeness (QED) is 0.369. The van der Waals surface area contributed by atoms with Crippen molar-refractivity contribution in [2.45, 2.75) is 46.5 Å². The van der Waals surface area contributed by atoms with Crippen molar-refractivity contribution in [3.63, 3.8) is 0 Å². The lowest BCUT2D eigenvalue weighted by atomic mass is 9.93. The van der Waals surface area contributed by atoms with Crippen molar-refractivity contribution in [2.75, 3.05) is 13.2 Å². The average molecular weight is 336 g/mol. The lowest BCUT2D eigenvalue weighted by molar-refractivity contribution is -0.147. The highest BCUT2D eigenvalue weighted by Gasteiger charge is 2.24. The molecule has 1 heterocycles. The largest absolute Gasteiger partial charge is 0.466 e. The molecular weight excluding hydrogens is 308 g/mol. The SMILES string of the molecule is CCCCOC(=O)C[C@@H](CC(C)C)C(=O)NCC(=O)c1ccc[nH]1. The second-order valence-electron chi connectivity index (χ2n) is 6.33. The predicted molar refractivity (Wildman–Crippen MR) is 91.6 cm³/mol. The summed E-state index contributed by atoms with van der Waals surface area (Å²) < 4.78 is 5.14. The maximum Gasteiger partial charge on any atom is 0.306 e. The number of hydrogen-bond donors (Lipinski definition) is 2. The first-order chi connectivity index (χ1) is 11.4. The molecule has 1 atom stereocenters. The van der Waals surface area contributed by atoms with Crippen LogP contribution in [0.2, 0.25) is 0 Å². The van der Waals surface area contributed by atoms with Gasteiger partial charge in [-0.2, -0.15) is 0 Å². The van der Waals surface area contributed by atoms with Crippen LogP contribution in [0.15, 0.2) is 18.3 Å². The number of nitrogens with one attached hydrogen (secondary N) is 2. The van der Waals surface area contributed by atoms with Crippen LogP contribution < -0.4 is 5.32 Å². The van der Waals surface area contributed by atoms with Gasteiger partial charge in [0.25, 0.3) is 0 Å². The van der Waals surface area contributed by atoms with Crippen LogP contribution in [0.25, 0.3) is 0 Å². The van der Waals surface area contributed by atoms with E-state index in [9.17, 15) is 14.4 Å². The Morgan fingerprint density at radius 2 is 2.04 bits per heavy atom. The van der Waals surface area contributed by atoms with Gasteiger partial charge in [0, 0.05) is 12.1 Å². The average Bonchev–Trinajstić information content (AvgIpc) is 3.06. The molecule has 1 rings (SSSR count). The van der Waals surface area contributed by atoms with Gasteiger partial charge in [-0.25, -0.2) is 0 Å². The van der Waals surface area contributed by atoms with E-state index in [1.54, 1.807) is 18.3 Å². The van der Waals surface area contributed by atoms with Crippen molar-refractivity contribution in [3.05, 3.63) is 24.0 Å². The van der Waals surface area contributed by atoms with Gasteiger partial charge in [-0.05, 0) is 30.9 Å². The molecule has 0 radical (unpaired) electrons. The minimum Gasteiger partial charge on any atom is -0.466 e. The van der Waals surface area contributed by atoms with Crippen molar-refractivity contribution in [3.8, 4) is 0 Å². The summed E-state index contributed by atoms with van der Waals surface area (Å²) in [5.74, 6) is -1.04. The van der Waals surface area contributed by atoms with Gasteiger partial charge in [-0.1, -0.05) is 27.2 Å². The first kappa shape index (κ1) is 19.9. The molecule has 6 nitrogen and oxygen atoms in total. The van der Waals surface area contributed by atoms with E-state index < -0.39 is 5.92 Å². The van der Waals surface area contributed by atoms with Crippen LogP contribution in [0.1, 0.15) is 56.9 Å². The number of unbranched alkanes of at least 4 members (excludes halogenated alkanes) is 1. The zero-order valence-corrected chi connectivity index (χ0v) is 14.8. The maximum atomic E-state index is 12.3. The number of Topliss-reactive ketones (excluding diaryl/α,β-unsaturated/α-hetero) is 1. The highest BCUT2D eigenvalue weighted by atomic mass is 16.5. The molecule has 0 aromatic carbocycles. The number of carbonyl (C=O) groups excluding carboxylic acids is 3. The Labute approximate surface area is 143 Å². The summed E-state index contributed by atoms with van der Waals surface area (Å²) in [6.45, 7) is 6.30. The summed E-state index contributed by atoms with van der Waals surface area (Å²) in [6, 6.07) is 3.38. The van der Waals surface area contributed by atoms with Gasteiger partial charge in [0.15, 0.2) is 5.78 Å². The Kier molecular flexibility index (Phi) is 8.83. The van der Waals surface area contributed by atoms with Crippen LogP contribution in [0.5, 0.6) is 0 Å². The van der Waals surface area contributed by atoms with Gasteiger partial charge in [0.2, 0.25) is 5.91 Å². The second kappa shape index (κ2) is 10.6. The van der Waals surface area contributed by atoms with E-state index in [0.717, 1.165) is 12.8 Å². The van der Waals surface area contributed by atoms with Gasteiger partial charge in [0.1, 0.15) is 0 Å². The van der Waals surface area contributed by atoms with Crippen LogP contribution in [0.4, 0.5) is 0 Å². The lowest BCUT2D eigenvalue weighted by Gasteiger charge is -2.18. The molecule has 2 N–H and O–H groups in total. The fourth-order valence-corrected chi connectivity index (χ4v) is 2.35. The van der Waals surface area contributed by atoms with Crippen LogP contribution in [0, 0.1) is 11.8 Å². The number of amides is 1. The van der Waals surface area contributed by atoms with Crippen molar-refractivity contribution in [2.24, 2.45) is 11.8 Å². The third-order valence-corrected chi connectivity index (χ3v) is 3.62. The van der Waals surface area contributed by atoms with Gasteiger partial charge in [0.05, 0.1) is 25.3 Å². The molecule has 24 heavy (non-hydrogen) atoms. The number of aromatic amines is 1. The Bertz CT molecular complexity index is 523. The summed E-state index contributed by atoms with van der Waals surface area (Å²) in [7, 11) is 0. The van der Waals surface area contributed by atoms with Gasteiger partial charge in [-0.3, -0.25) is 14.4 Å². The van der Waals surface area contributed by atoms with Crippen molar-refractivity contribution < 1.29 is 19.1 Å². The number of H-pyrrole nitrogens is 1. The minimum atomic E-state index is -0.476. The molecule has 0 saturated carbocycles. The van der Waals surface area contributed by atoms with Crippen LogP contribution in [-0.4, -0.2) is 35.8 Å². The van der Waals surface area contributed by atoms with E-state index in [0.29, 0.717) is 18.7 Å². The molecule has 0 aliphatic carbocycles. The van der Waals surface area contributed by atoms with Crippen molar-refractivity contribution >= 4 is 17.7 Å². The third kappa shape index (κ3) is 7.44. The number of ketones is 1. The Balaban J connectivity index is 2.51. The zero-order valence-electron chi connectivity index (χ0n) is 14.8. The molecule has 1 aromatic heterocycles. The molecule has 0 unspecified atom stereocenters. The fraction of sp³-hybridized carbons (Fsp3) is 0.611. The van der Waals surface area contributed by atoms with E-state index in [1.807, 2.05) is 20.8 Å². The van der Waals surface area contributed by atoms with Gasteiger partial charge < -0.3 is 15.0 Å². The summed E-state index contributed by atoms with van der Waals surface area (Å²) >= 11 is 0. The van der Waals surface area contributed by atoms with E-state index in [4.69, 9.17) is 4.74 Å². The molecule has 6 heteroatoms. The maximum absolute atomic E-state index is 12.3. The summed E-state index contributed by atoms with van der Waals surface area (Å²) in [4.78, 5) is 38.9. The summed E-state index contributed by atoms with van der Waals surface area (Å²) in [5.41, 5.74) is 0.453. The van der Waals surface area contributed by atoms with Crippen LogP contribution in [-0.2, 0) is 14.3 Å². The lowest BCUT2D eigenvalue weighted by Crippen LogP contribution is -2.36. The molecule has 1 aromatic rings. The van der Waals surface area contributed by atoms with Gasteiger partial charge >= 0.3 is 5.97 Å². The number of aromatic nitrogens is 1. The summed E-state index contributed by atoms with van der Waals surface area (Å²) in [6.07, 6.45) is 4.04. The minimum absolute atomic E-state index is 0.0461. The van der Waals surface area contributed by atoms with E-state index in [2.05, 4.69) is 10.3 Å². The number of hydrogen-bond acceptors (Lipinski definition) is 4. The van der Waals surface area contributed by atoms with E-state index in [1.165, 1.54) is 0 Å². The first-order valence-electron chi connectivity index (χ1n) is 8.54. The van der Waals surface area contributed by atoms with Crippen LogP contribution >= 0.6 is 0 Å². The molecular formula is C18H28N2O4. The Morgan fingerprint density at radius 3 is 2.62 bits per heavy atom. The third-order valence-electron chi connectivity index (χ3n) is 3.62. The Hall–Kier alpha value is -2.11. The normalized spacial score (nSPS) is 12.0. The smallest absolute Gasteiger partial charge is 0.306 e. The summed E-state index contributed by atoms with van der Waals surface area (Å²) in [5, 5.41) is 2.63.